The molecule has 3 rings (SSSR count). The minimum Gasteiger partial charge on any atom is -0.355 e. The molecule has 0 saturated carbocycles. The maximum atomic E-state index is 4.40. The maximum Gasteiger partial charge on any atom is 0.128 e. The second kappa shape index (κ2) is 5.80. The smallest absolute Gasteiger partial charge is 0.128 e. The van der Waals surface area contributed by atoms with Crippen molar-refractivity contribution in [3.63, 3.8) is 0 Å². The zero-order valence-electron chi connectivity index (χ0n) is 10.9. The highest BCUT2D eigenvalue weighted by Crippen LogP contribution is 2.17. The van der Waals surface area contributed by atoms with Crippen molar-refractivity contribution in [1.82, 2.24) is 15.3 Å². The summed E-state index contributed by atoms with van der Waals surface area (Å²) < 4.78 is 0. The van der Waals surface area contributed by atoms with Gasteiger partial charge in [-0.05, 0) is 30.7 Å². The number of aromatic nitrogens is 2. The van der Waals surface area contributed by atoms with E-state index in [1.54, 1.807) is 0 Å². The molecule has 1 aliphatic rings. The Hall–Kier alpha value is -1.94. The summed E-state index contributed by atoms with van der Waals surface area (Å²) in [5, 5.41) is 3.57. The minimum atomic E-state index is 0.518. The molecule has 2 aromatic heterocycles. The Morgan fingerprint density at radius 1 is 1.11 bits per heavy atom. The predicted molar refractivity (Wildman–Crippen MR) is 75.9 cm³/mol. The number of hydrogen-bond donors (Lipinski definition) is 1. The molecule has 0 bridgehead atoms. The first-order valence-electron chi connectivity index (χ1n) is 6.71. The fraction of sp³-hybridized carbons (Fsp3) is 0.333. The highest BCUT2D eigenvalue weighted by Gasteiger charge is 2.22. The van der Waals surface area contributed by atoms with E-state index < -0.39 is 0 Å². The second-order valence-electron chi connectivity index (χ2n) is 4.82. The van der Waals surface area contributed by atoms with Crippen molar-refractivity contribution in [3.8, 4) is 0 Å². The third-order valence-corrected chi connectivity index (χ3v) is 3.46. The molecule has 1 saturated heterocycles. The first-order chi connectivity index (χ1) is 9.42. The van der Waals surface area contributed by atoms with Gasteiger partial charge in [0.15, 0.2) is 0 Å². The third kappa shape index (κ3) is 3.09. The van der Waals surface area contributed by atoms with E-state index in [4.69, 9.17) is 0 Å². The molecule has 1 fully saturated rings. The van der Waals surface area contributed by atoms with Crippen molar-refractivity contribution < 1.29 is 0 Å². The van der Waals surface area contributed by atoms with E-state index in [9.17, 15) is 0 Å². The number of nitrogens with zero attached hydrogens (tertiary/aromatic N) is 3. The van der Waals surface area contributed by atoms with Gasteiger partial charge in [-0.25, -0.2) is 4.98 Å². The fourth-order valence-corrected chi connectivity index (χ4v) is 2.43. The summed E-state index contributed by atoms with van der Waals surface area (Å²) in [6, 6.07) is 12.6. The quantitative estimate of drug-likeness (QED) is 0.904. The first kappa shape index (κ1) is 12.1. The summed E-state index contributed by atoms with van der Waals surface area (Å²) in [5.74, 6) is 1.07. The van der Waals surface area contributed by atoms with Crippen LogP contribution in [0.3, 0.4) is 0 Å². The van der Waals surface area contributed by atoms with Crippen LogP contribution < -0.4 is 10.2 Å². The Morgan fingerprint density at radius 3 is 2.68 bits per heavy atom. The van der Waals surface area contributed by atoms with Crippen LogP contribution in [0.15, 0.2) is 48.8 Å². The van der Waals surface area contributed by atoms with Gasteiger partial charge in [0.2, 0.25) is 0 Å². The molecule has 3 heterocycles. The molecule has 98 valence electrons. The third-order valence-electron chi connectivity index (χ3n) is 3.46. The predicted octanol–water partition coefficient (Wildman–Crippen LogP) is 1.85. The van der Waals surface area contributed by atoms with Gasteiger partial charge in [-0.15, -0.1) is 0 Å². The van der Waals surface area contributed by atoms with Gasteiger partial charge in [0.1, 0.15) is 5.82 Å². The Labute approximate surface area is 113 Å². The Morgan fingerprint density at radius 2 is 1.95 bits per heavy atom. The van der Waals surface area contributed by atoms with Crippen LogP contribution in [0, 0.1) is 0 Å². The molecule has 19 heavy (non-hydrogen) atoms. The van der Waals surface area contributed by atoms with E-state index >= 15 is 0 Å². The molecule has 0 spiro atoms. The van der Waals surface area contributed by atoms with Crippen molar-refractivity contribution >= 4 is 5.82 Å². The number of rotatable bonds is 4. The summed E-state index contributed by atoms with van der Waals surface area (Å²) in [7, 11) is 0. The molecule has 4 nitrogen and oxygen atoms in total. The van der Waals surface area contributed by atoms with Crippen LogP contribution in [-0.4, -0.2) is 29.1 Å². The Bertz CT molecular complexity index is 500. The molecule has 0 aromatic carbocycles. The molecule has 4 heteroatoms. The second-order valence-corrected chi connectivity index (χ2v) is 4.82. The molecule has 1 atom stereocenters. The standard InChI is InChI=1S/C15H18N4/c1-3-8-16-13(5-1)11-18-14-7-10-19(12-14)15-6-2-4-9-17-15/h1-6,8-9,14,18H,7,10-12H2. The highest BCUT2D eigenvalue weighted by molar-refractivity contribution is 5.39. The van der Waals surface area contributed by atoms with Gasteiger partial charge >= 0.3 is 0 Å². The van der Waals surface area contributed by atoms with Crippen LogP contribution in [0.1, 0.15) is 12.1 Å². The monoisotopic (exact) mass is 254 g/mol. The van der Waals surface area contributed by atoms with Gasteiger partial charge in [-0.3, -0.25) is 4.98 Å². The van der Waals surface area contributed by atoms with Crippen LogP contribution in [0.4, 0.5) is 5.82 Å². The van der Waals surface area contributed by atoms with Crippen LogP contribution in [0.25, 0.3) is 0 Å². The maximum absolute atomic E-state index is 4.40. The topological polar surface area (TPSA) is 41.0 Å². The highest BCUT2D eigenvalue weighted by atomic mass is 15.2. The van der Waals surface area contributed by atoms with Gasteiger partial charge in [0, 0.05) is 38.1 Å². The van der Waals surface area contributed by atoms with Gasteiger partial charge in [-0.2, -0.15) is 0 Å². The minimum absolute atomic E-state index is 0.518. The first-order valence-corrected chi connectivity index (χ1v) is 6.71. The molecule has 0 amide bonds. The molecule has 2 aromatic rings. The molecular formula is C15H18N4. The van der Waals surface area contributed by atoms with Crippen molar-refractivity contribution in [2.24, 2.45) is 0 Å². The van der Waals surface area contributed by atoms with E-state index in [-0.39, 0.29) is 0 Å². The average molecular weight is 254 g/mol. The lowest BCUT2D eigenvalue weighted by Gasteiger charge is -2.17. The van der Waals surface area contributed by atoms with Crippen molar-refractivity contribution in [1.29, 1.82) is 0 Å². The molecule has 1 aliphatic heterocycles. The fourth-order valence-electron chi connectivity index (χ4n) is 2.43. The van der Waals surface area contributed by atoms with Crippen molar-refractivity contribution in [2.75, 3.05) is 18.0 Å². The molecule has 1 unspecified atom stereocenters. The van der Waals surface area contributed by atoms with E-state index in [0.717, 1.165) is 37.6 Å². The summed E-state index contributed by atoms with van der Waals surface area (Å²) in [6.45, 7) is 2.92. The van der Waals surface area contributed by atoms with Gasteiger partial charge < -0.3 is 10.2 Å². The molecular weight excluding hydrogens is 236 g/mol. The number of hydrogen-bond acceptors (Lipinski definition) is 4. The van der Waals surface area contributed by atoms with Crippen LogP contribution in [-0.2, 0) is 6.54 Å². The zero-order valence-corrected chi connectivity index (χ0v) is 10.9. The van der Waals surface area contributed by atoms with Gasteiger partial charge in [0.25, 0.3) is 0 Å². The van der Waals surface area contributed by atoms with E-state index in [2.05, 4.69) is 32.3 Å². The number of nitrogens with one attached hydrogen (secondary N) is 1. The lowest BCUT2D eigenvalue weighted by atomic mass is 10.2. The van der Waals surface area contributed by atoms with Gasteiger partial charge in [0.05, 0.1) is 5.69 Å². The Balaban J connectivity index is 1.52. The molecule has 1 N–H and O–H groups in total. The van der Waals surface area contributed by atoms with Crippen molar-refractivity contribution in [3.05, 3.63) is 54.5 Å². The SMILES string of the molecule is c1ccc(CNC2CCN(c3ccccn3)C2)nc1. The van der Waals surface area contributed by atoms with E-state index in [0.29, 0.717) is 6.04 Å². The van der Waals surface area contributed by atoms with Crippen LogP contribution in [0.2, 0.25) is 0 Å². The lowest BCUT2D eigenvalue weighted by molar-refractivity contribution is 0.545. The summed E-state index contributed by atoms with van der Waals surface area (Å²) >= 11 is 0. The summed E-state index contributed by atoms with van der Waals surface area (Å²) in [5.41, 5.74) is 1.10. The van der Waals surface area contributed by atoms with E-state index in [1.807, 2.05) is 36.7 Å². The lowest BCUT2D eigenvalue weighted by Crippen LogP contribution is -2.32. The van der Waals surface area contributed by atoms with Crippen LogP contribution in [0.5, 0.6) is 0 Å². The zero-order chi connectivity index (χ0) is 12.9. The number of pyridine rings is 2. The Kier molecular flexibility index (Phi) is 3.70. The molecule has 0 aliphatic carbocycles. The normalized spacial score (nSPS) is 18.7. The largest absolute Gasteiger partial charge is 0.355 e. The number of anilines is 1. The van der Waals surface area contributed by atoms with E-state index in [1.165, 1.54) is 0 Å². The van der Waals surface area contributed by atoms with Crippen LogP contribution >= 0.6 is 0 Å². The molecule has 0 radical (unpaired) electrons. The van der Waals surface area contributed by atoms with Gasteiger partial charge in [-0.1, -0.05) is 12.1 Å². The summed E-state index contributed by atoms with van der Waals surface area (Å²) in [6.07, 6.45) is 4.85. The average Bonchev–Trinajstić information content (AvgIpc) is 2.96. The summed E-state index contributed by atoms with van der Waals surface area (Å²) in [4.78, 5) is 11.1. The van der Waals surface area contributed by atoms with Crippen molar-refractivity contribution in [2.45, 2.75) is 19.0 Å².